The fourth-order valence-electron chi connectivity index (χ4n) is 1.96. The Morgan fingerprint density at radius 3 is 2.60 bits per heavy atom. The van der Waals surface area contributed by atoms with E-state index in [0.29, 0.717) is 13.2 Å². The van der Waals surface area contributed by atoms with Gasteiger partial charge in [0.1, 0.15) is 18.2 Å². The van der Waals surface area contributed by atoms with E-state index in [4.69, 9.17) is 4.74 Å². The van der Waals surface area contributed by atoms with Crippen molar-refractivity contribution in [1.82, 2.24) is 9.97 Å². The number of anilines is 2. The molecule has 0 atom stereocenters. The van der Waals surface area contributed by atoms with Crippen molar-refractivity contribution in [3.05, 3.63) is 11.9 Å². The molecule has 5 nitrogen and oxygen atoms in total. The Bertz CT molecular complexity index is 384. The van der Waals surface area contributed by atoms with Gasteiger partial charge >= 0.3 is 0 Å². The Morgan fingerprint density at radius 2 is 2.00 bits per heavy atom. The summed E-state index contributed by atoms with van der Waals surface area (Å²) in [6, 6.07) is 2.03. The first-order chi connectivity index (χ1) is 9.74. The molecular formula is C15H28N4O. The maximum Gasteiger partial charge on any atom is 0.158 e. The second-order valence-electron chi connectivity index (χ2n) is 4.63. The van der Waals surface area contributed by atoms with Gasteiger partial charge in [-0.1, -0.05) is 13.3 Å². The summed E-state index contributed by atoms with van der Waals surface area (Å²) in [7, 11) is 0. The summed E-state index contributed by atoms with van der Waals surface area (Å²) < 4.78 is 5.43. The van der Waals surface area contributed by atoms with Gasteiger partial charge in [0.25, 0.3) is 0 Å². The van der Waals surface area contributed by atoms with Gasteiger partial charge in [-0.2, -0.15) is 0 Å². The molecule has 1 rings (SSSR count). The van der Waals surface area contributed by atoms with Gasteiger partial charge in [-0.25, -0.2) is 9.97 Å². The number of nitrogens with one attached hydrogen (secondary N) is 1. The van der Waals surface area contributed by atoms with Gasteiger partial charge in [0.05, 0.1) is 0 Å². The van der Waals surface area contributed by atoms with E-state index in [1.54, 1.807) is 0 Å². The third-order valence-electron chi connectivity index (χ3n) is 3.04. The highest BCUT2D eigenvalue weighted by atomic mass is 16.5. The molecule has 1 N–H and O–H groups in total. The van der Waals surface area contributed by atoms with E-state index < -0.39 is 0 Å². The lowest BCUT2D eigenvalue weighted by Crippen LogP contribution is -2.25. The van der Waals surface area contributed by atoms with E-state index in [2.05, 4.69) is 41.0 Å². The lowest BCUT2D eigenvalue weighted by Gasteiger charge is -2.22. The van der Waals surface area contributed by atoms with Crippen LogP contribution in [0.15, 0.2) is 6.07 Å². The van der Waals surface area contributed by atoms with Crippen LogP contribution in [0.3, 0.4) is 0 Å². The molecule has 114 valence electrons. The summed E-state index contributed by atoms with van der Waals surface area (Å²) in [5, 5.41) is 3.27. The summed E-state index contributed by atoms with van der Waals surface area (Å²) in [5.41, 5.74) is 0. The normalized spacial score (nSPS) is 10.6. The molecule has 0 unspecified atom stereocenters. The fourth-order valence-corrected chi connectivity index (χ4v) is 1.96. The molecule has 0 bridgehead atoms. The number of aromatic nitrogens is 2. The van der Waals surface area contributed by atoms with Gasteiger partial charge in [-0.05, 0) is 27.2 Å². The van der Waals surface area contributed by atoms with Crippen molar-refractivity contribution in [1.29, 1.82) is 0 Å². The van der Waals surface area contributed by atoms with Crippen LogP contribution in [0.4, 0.5) is 11.6 Å². The number of rotatable bonds is 10. The molecule has 0 saturated heterocycles. The topological polar surface area (TPSA) is 50.3 Å². The van der Waals surface area contributed by atoms with Crippen molar-refractivity contribution in [3.63, 3.8) is 0 Å². The third kappa shape index (κ3) is 5.33. The molecule has 5 heteroatoms. The van der Waals surface area contributed by atoms with Crippen molar-refractivity contribution in [2.45, 2.75) is 47.1 Å². The number of unbranched alkanes of at least 4 members (excludes halogenated alkanes) is 1. The van der Waals surface area contributed by atoms with Crippen molar-refractivity contribution in [3.8, 4) is 0 Å². The van der Waals surface area contributed by atoms with Gasteiger partial charge < -0.3 is 15.0 Å². The smallest absolute Gasteiger partial charge is 0.158 e. The Hall–Kier alpha value is -1.36. The minimum Gasteiger partial charge on any atom is -0.374 e. The van der Waals surface area contributed by atoms with E-state index in [9.17, 15) is 0 Å². The van der Waals surface area contributed by atoms with Gasteiger partial charge in [0, 0.05) is 32.3 Å². The molecule has 0 saturated carbocycles. The summed E-state index contributed by atoms with van der Waals surface area (Å²) in [6.45, 7) is 12.4. The molecular weight excluding hydrogens is 252 g/mol. The number of hydrogen-bond acceptors (Lipinski definition) is 5. The largest absolute Gasteiger partial charge is 0.374 e. The average Bonchev–Trinajstić information content (AvgIpc) is 2.46. The van der Waals surface area contributed by atoms with Crippen LogP contribution in [-0.2, 0) is 11.3 Å². The average molecular weight is 280 g/mol. The maximum atomic E-state index is 5.43. The molecule has 1 heterocycles. The van der Waals surface area contributed by atoms with Crippen LogP contribution in [-0.4, -0.2) is 36.2 Å². The van der Waals surface area contributed by atoms with Crippen LogP contribution in [0.2, 0.25) is 0 Å². The summed E-state index contributed by atoms with van der Waals surface area (Å²) in [4.78, 5) is 11.4. The maximum absolute atomic E-state index is 5.43. The van der Waals surface area contributed by atoms with Crippen LogP contribution in [0.5, 0.6) is 0 Å². The van der Waals surface area contributed by atoms with E-state index >= 15 is 0 Å². The van der Waals surface area contributed by atoms with Crippen LogP contribution in [0.25, 0.3) is 0 Å². The Kier molecular flexibility index (Phi) is 7.95. The molecule has 0 spiro atoms. The quantitative estimate of drug-likeness (QED) is 0.714. The van der Waals surface area contributed by atoms with E-state index in [0.717, 1.165) is 37.1 Å². The van der Waals surface area contributed by atoms with Crippen LogP contribution in [0, 0.1) is 0 Å². The number of hydrogen-bond donors (Lipinski definition) is 1. The summed E-state index contributed by atoms with van der Waals surface area (Å²) >= 11 is 0. The van der Waals surface area contributed by atoms with E-state index in [1.165, 1.54) is 12.8 Å². The monoisotopic (exact) mass is 280 g/mol. The predicted octanol–water partition coefficient (Wildman–Crippen LogP) is 3.07. The highest BCUT2D eigenvalue weighted by Crippen LogP contribution is 2.17. The molecule has 1 aromatic rings. The summed E-state index contributed by atoms with van der Waals surface area (Å²) in [5.74, 6) is 2.61. The minimum atomic E-state index is 0.466. The lowest BCUT2D eigenvalue weighted by molar-refractivity contribution is 0.128. The molecule has 0 aliphatic heterocycles. The number of ether oxygens (including phenoxy) is 1. The molecule has 0 aromatic carbocycles. The molecule has 0 amide bonds. The van der Waals surface area contributed by atoms with Crippen LogP contribution < -0.4 is 10.2 Å². The number of nitrogens with zero attached hydrogens (tertiary/aromatic N) is 3. The lowest BCUT2D eigenvalue weighted by atomic mass is 10.3. The zero-order valence-electron chi connectivity index (χ0n) is 13.3. The zero-order chi connectivity index (χ0) is 14.8. The SMILES string of the molecule is CCCCN(CC)c1cc(NCC)nc(COCC)n1. The first kappa shape index (κ1) is 16.7. The first-order valence-electron chi connectivity index (χ1n) is 7.69. The first-order valence-corrected chi connectivity index (χ1v) is 7.69. The van der Waals surface area contributed by atoms with Crippen molar-refractivity contribution in [2.24, 2.45) is 0 Å². The van der Waals surface area contributed by atoms with Gasteiger partial charge in [0.2, 0.25) is 0 Å². The molecule has 0 aliphatic carbocycles. The molecule has 20 heavy (non-hydrogen) atoms. The van der Waals surface area contributed by atoms with Crippen LogP contribution >= 0.6 is 0 Å². The zero-order valence-corrected chi connectivity index (χ0v) is 13.3. The van der Waals surface area contributed by atoms with Crippen molar-refractivity contribution in [2.75, 3.05) is 36.5 Å². The standard InChI is InChI=1S/C15H28N4O/c1-5-9-10-19(7-3)15-11-13(16-6-2)17-14(18-15)12-20-8-4/h11H,5-10,12H2,1-4H3,(H,16,17,18). The Balaban J connectivity index is 2.92. The van der Waals surface area contributed by atoms with E-state index in [1.807, 2.05) is 13.0 Å². The second-order valence-corrected chi connectivity index (χ2v) is 4.63. The van der Waals surface area contributed by atoms with Gasteiger partial charge in [-0.3, -0.25) is 0 Å². The highest BCUT2D eigenvalue weighted by Gasteiger charge is 2.10. The molecule has 0 fully saturated rings. The third-order valence-corrected chi connectivity index (χ3v) is 3.04. The predicted molar refractivity (Wildman–Crippen MR) is 84.3 cm³/mol. The second kappa shape index (κ2) is 9.53. The minimum absolute atomic E-state index is 0.466. The van der Waals surface area contributed by atoms with Crippen molar-refractivity contribution < 1.29 is 4.74 Å². The van der Waals surface area contributed by atoms with E-state index in [-0.39, 0.29) is 0 Å². The van der Waals surface area contributed by atoms with Crippen molar-refractivity contribution >= 4 is 11.6 Å². The Morgan fingerprint density at radius 1 is 1.20 bits per heavy atom. The van der Waals surface area contributed by atoms with Crippen LogP contribution in [0.1, 0.15) is 46.4 Å². The van der Waals surface area contributed by atoms with Gasteiger partial charge in [0.15, 0.2) is 5.82 Å². The molecule has 1 aromatic heterocycles. The molecule has 0 aliphatic rings. The summed E-state index contributed by atoms with van der Waals surface area (Å²) in [6.07, 6.45) is 2.36. The Labute approximate surface area is 122 Å². The highest BCUT2D eigenvalue weighted by molar-refractivity contribution is 5.49. The van der Waals surface area contributed by atoms with Gasteiger partial charge in [-0.15, -0.1) is 0 Å². The fraction of sp³-hybridized carbons (Fsp3) is 0.733. The molecule has 0 radical (unpaired) electrons.